The molecular weight excluding hydrogens is 344 g/mol. The minimum atomic E-state index is 0.137. The number of nitrogens with one attached hydrogen (secondary N) is 1. The van der Waals surface area contributed by atoms with Crippen LogP contribution in [0.15, 0.2) is 24.3 Å². The second kappa shape index (κ2) is 7.37. The van der Waals surface area contributed by atoms with Crippen LogP contribution >= 0.6 is 11.3 Å². The van der Waals surface area contributed by atoms with Crippen molar-refractivity contribution in [3.63, 3.8) is 0 Å². The van der Waals surface area contributed by atoms with Crippen LogP contribution in [0.2, 0.25) is 0 Å². The van der Waals surface area contributed by atoms with Gasteiger partial charge < -0.3 is 10.2 Å². The molecule has 1 N–H and O–H groups in total. The Bertz CT molecular complexity index is 778. The summed E-state index contributed by atoms with van der Waals surface area (Å²) in [5, 5.41) is 3.85. The third kappa shape index (κ3) is 3.35. The summed E-state index contributed by atoms with van der Waals surface area (Å²) in [6.45, 7) is 5.59. The second-order valence-corrected chi connectivity index (χ2v) is 8.20. The second-order valence-electron chi connectivity index (χ2n) is 7.20. The number of aryl methyl sites for hydroxylation is 1. The van der Waals surface area contributed by atoms with Crippen molar-refractivity contribution in [2.75, 3.05) is 38.5 Å². The van der Waals surface area contributed by atoms with Gasteiger partial charge in [-0.2, -0.15) is 0 Å². The Balaban J connectivity index is 1.41. The van der Waals surface area contributed by atoms with Gasteiger partial charge in [-0.1, -0.05) is 35.6 Å². The molecule has 5 nitrogen and oxygen atoms in total. The number of anilines is 1. The molecule has 2 aromatic rings. The van der Waals surface area contributed by atoms with Crippen molar-refractivity contribution in [2.45, 2.75) is 32.2 Å². The van der Waals surface area contributed by atoms with E-state index in [4.69, 9.17) is 0 Å². The van der Waals surface area contributed by atoms with E-state index in [-0.39, 0.29) is 5.91 Å². The van der Waals surface area contributed by atoms with Gasteiger partial charge in [-0.3, -0.25) is 9.69 Å². The molecule has 1 fully saturated rings. The van der Waals surface area contributed by atoms with Crippen LogP contribution in [-0.2, 0) is 12.8 Å². The highest BCUT2D eigenvalue weighted by molar-refractivity contribution is 7.17. The lowest BCUT2D eigenvalue weighted by molar-refractivity contribution is 0.0762. The normalized spacial score (nSPS) is 18.6. The van der Waals surface area contributed by atoms with E-state index in [1.807, 2.05) is 18.9 Å². The van der Waals surface area contributed by atoms with E-state index >= 15 is 0 Å². The molecule has 1 aromatic carbocycles. The molecule has 2 aliphatic rings. The predicted molar refractivity (Wildman–Crippen MR) is 106 cm³/mol. The average molecular weight is 371 g/mol. The van der Waals surface area contributed by atoms with Crippen LogP contribution in [0.3, 0.4) is 0 Å². The third-order valence-corrected chi connectivity index (χ3v) is 6.73. The molecule has 1 saturated heterocycles. The van der Waals surface area contributed by atoms with Crippen molar-refractivity contribution in [2.24, 2.45) is 0 Å². The van der Waals surface area contributed by atoms with Crippen LogP contribution in [0.25, 0.3) is 0 Å². The summed E-state index contributed by atoms with van der Waals surface area (Å²) in [6.07, 6.45) is 3.32. The Hall–Kier alpha value is -1.92. The number of carbonyl (C=O) groups excluding carboxylic acids is 1. The Kier molecular flexibility index (Phi) is 4.96. The van der Waals surface area contributed by atoms with Crippen molar-refractivity contribution in [3.8, 4) is 0 Å². The molecule has 0 spiro atoms. The molecule has 6 heteroatoms. The summed E-state index contributed by atoms with van der Waals surface area (Å²) < 4.78 is 0. The molecule has 0 atom stereocenters. The number of thiazole rings is 1. The minimum absolute atomic E-state index is 0.137. The number of fused-ring (bicyclic) bond motifs is 1. The maximum absolute atomic E-state index is 13.0. The van der Waals surface area contributed by atoms with Crippen molar-refractivity contribution >= 4 is 22.4 Å². The zero-order chi connectivity index (χ0) is 18.1. The monoisotopic (exact) mass is 370 g/mol. The molecule has 138 valence electrons. The SMILES string of the molecule is CNc1nc(C)c(C(=O)N2CCCN(C3Cc4ccccc4C3)CC2)s1. The van der Waals surface area contributed by atoms with Gasteiger partial charge in [0.2, 0.25) is 0 Å². The number of benzene rings is 1. The summed E-state index contributed by atoms with van der Waals surface area (Å²) in [5.74, 6) is 0.137. The van der Waals surface area contributed by atoms with E-state index in [0.29, 0.717) is 6.04 Å². The van der Waals surface area contributed by atoms with Gasteiger partial charge in [0.15, 0.2) is 5.13 Å². The number of rotatable bonds is 3. The molecule has 0 radical (unpaired) electrons. The van der Waals surface area contributed by atoms with Gasteiger partial charge >= 0.3 is 0 Å². The highest BCUT2D eigenvalue weighted by atomic mass is 32.1. The van der Waals surface area contributed by atoms with Gasteiger partial charge in [0.25, 0.3) is 5.91 Å². The van der Waals surface area contributed by atoms with E-state index in [1.54, 1.807) is 0 Å². The number of amides is 1. The highest BCUT2D eigenvalue weighted by Gasteiger charge is 2.30. The molecule has 1 amide bonds. The first kappa shape index (κ1) is 17.5. The summed E-state index contributed by atoms with van der Waals surface area (Å²) in [7, 11) is 1.84. The van der Waals surface area contributed by atoms with Crippen LogP contribution in [0.5, 0.6) is 0 Å². The molecule has 1 aromatic heterocycles. The first-order valence-corrected chi connectivity index (χ1v) is 10.2. The first-order chi connectivity index (χ1) is 12.7. The largest absolute Gasteiger partial charge is 0.365 e. The molecule has 26 heavy (non-hydrogen) atoms. The average Bonchev–Trinajstić information content (AvgIpc) is 3.16. The maximum Gasteiger partial charge on any atom is 0.265 e. The van der Waals surface area contributed by atoms with Crippen LogP contribution in [0.4, 0.5) is 5.13 Å². The fourth-order valence-electron chi connectivity index (χ4n) is 4.14. The van der Waals surface area contributed by atoms with E-state index in [2.05, 4.69) is 39.5 Å². The molecule has 1 aliphatic carbocycles. The van der Waals surface area contributed by atoms with Gasteiger partial charge in [0, 0.05) is 39.3 Å². The fourth-order valence-corrected chi connectivity index (χ4v) is 5.03. The van der Waals surface area contributed by atoms with Gasteiger partial charge in [0.1, 0.15) is 4.88 Å². The molecule has 0 saturated carbocycles. The number of carbonyl (C=O) groups is 1. The third-order valence-electron chi connectivity index (χ3n) is 5.57. The lowest BCUT2D eigenvalue weighted by Crippen LogP contribution is -2.40. The Morgan fingerprint density at radius 3 is 2.54 bits per heavy atom. The summed E-state index contributed by atoms with van der Waals surface area (Å²) in [4.78, 5) is 22.8. The minimum Gasteiger partial charge on any atom is -0.365 e. The Morgan fingerprint density at radius 1 is 1.15 bits per heavy atom. The number of hydrogen-bond donors (Lipinski definition) is 1. The first-order valence-electron chi connectivity index (χ1n) is 9.41. The van der Waals surface area contributed by atoms with Crippen molar-refractivity contribution in [3.05, 3.63) is 46.0 Å². The predicted octanol–water partition coefficient (Wildman–Crippen LogP) is 2.81. The van der Waals surface area contributed by atoms with Gasteiger partial charge in [-0.05, 0) is 37.3 Å². The van der Waals surface area contributed by atoms with Crippen molar-refractivity contribution in [1.29, 1.82) is 0 Å². The maximum atomic E-state index is 13.0. The van der Waals surface area contributed by atoms with E-state index in [9.17, 15) is 4.79 Å². The molecule has 2 heterocycles. The standard InChI is InChI=1S/C20H26N4OS/c1-14-18(26-20(21-2)22-14)19(25)24-9-5-8-23(10-11-24)17-12-15-6-3-4-7-16(15)13-17/h3-4,6-7,17H,5,8-13H2,1-2H3,(H,21,22). The smallest absolute Gasteiger partial charge is 0.265 e. The van der Waals surface area contributed by atoms with Gasteiger partial charge in [0.05, 0.1) is 5.69 Å². The summed E-state index contributed by atoms with van der Waals surface area (Å²) in [5.41, 5.74) is 3.82. The zero-order valence-corrected chi connectivity index (χ0v) is 16.3. The lowest BCUT2D eigenvalue weighted by atomic mass is 10.1. The molecular formula is C20H26N4OS. The van der Waals surface area contributed by atoms with E-state index < -0.39 is 0 Å². The summed E-state index contributed by atoms with van der Waals surface area (Å²) in [6, 6.07) is 9.38. The number of nitrogens with zero attached hydrogens (tertiary/aromatic N) is 3. The van der Waals surface area contributed by atoms with Gasteiger partial charge in [-0.15, -0.1) is 0 Å². The van der Waals surface area contributed by atoms with Crippen LogP contribution in [0.1, 0.15) is 32.9 Å². The Morgan fingerprint density at radius 2 is 1.88 bits per heavy atom. The molecule has 1 aliphatic heterocycles. The molecule has 4 rings (SSSR count). The molecule has 0 unspecified atom stereocenters. The highest BCUT2D eigenvalue weighted by Crippen LogP contribution is 2.27. The van der Waals surface area contributed by atoms with Crippen LogP contribution in [-0.4, -0.2) is 60.0 Å². The summed E-state index contributed by atoms with van der Waals surface area (Å²) >= 11 is 1.46. The quantitative estimate of drug-likeness (QED) is 0.903. The number of hydrogen-bond acceptors (Lipinski definition) is 5. The number of aromatic nitrogens is 1. The zero-order valence-electron chi connectivity index (χ0n) is 15.5. The lowest BCUT2D eigenvalue weighted by Gasteiger charge is -2.27. The van der Waals surface area contributed by atoms with Crippen molar-refractivity contribution < 1.29 is 4.79 Å². The van der Waals surface area contributed by atoms with Crippen molar-refractivity contribution in [1.82, 2.24) is 14.8 Å². The Labute approximate surface area is 159 Å². The fraction of sp³-hybridized carbons (Fsp3) is 0.500. The van der Waals surface area contributed by atoms with E-state index in [0.717, 1.165) is 61.1 Å². The topological polar surface area (TPSA) is 48.5 Å². The van der Waals surface area contributed by atoms with Crippen LogP contribution in [0, 0.1) is 6.92 Å². The van der Waals surface area contributed by atoms with Gasteiger partial charge in [-0.25, -0.2) is 4.98 Å². The molecule has 0 bridgehead atoms. The van der Waals surface area contributed by atoms with E-state index in [1.165, 1.54) is 22.5 Å². The van der Waals surface area contributed by atoms with Crippen LogP contribution < -0.4 is 5.32 Å².